The molecule has 1 aromatic heterocycles. The SMILES string of the molecule is CCOc1ccc([C@H]2c3c(oc4cc(C)cc(C)c4c3=O)C(=O)N2C[C@@H]2CCCO2)cc1. The third kappa shape index (κ3) is 3.39. The Bertz CT molecular complexity index is 1240. The van der Waals surface area contributed by atoms with Crippen LogP contribution in [0.25, 0.3) is 11.0 Å². The van der Waals surface area contributed by atoms with Crippen molar-refractivity contribution in [2.24, 2.45) is 0 Å². The van der Waals surface area contributed by atoms with E-state index < -0.39 is 6.04 Å². The molecular weight excluding hydrogens is 406 g/mol. The quantitative estimate of drug-likeness (QED) is 0.591. The molecule has 2 aliphatic rings. The Labute approximate surface area is 186 Å². The van der Waals surface area contributed by atoms with Crippen molar-refractivity contribution in [1.82, 2.24) is 4.90 Å². The van der Waals surface area contributed by atoms with Gasteiger partial charge in [-0.05, 0) is 68.5 Å². The number of ether oxygens (including phenoxy) is 2. The van der Waals surface area contributed by atoms with Crippen molar-refractivity contribution in [3.8, 4) is 5.75 Å². The molecule has 1 amide bonds. The Morgan fingerprint density at radius 1 is 1.12 bits per heavy atom. The van der Waals surface area contributed by atoms with Gasteiger partial charge in [-0.3, -0.25) is 9.59 Å². The fourth-order valence-corrected chi connectivity index (χ4v) is 4.97. The molecule has 0 N–H and O–H groups in total. The van der Waals surface area contributed by atoms with Crippen LogP contribution in [0.5, 0.6) is 5.75 Å². The summed E-state index contributed by atoms with van der Waals surface area (Å²) >= 11 is 0. The van der Waals surface area contributed by atoms with Gasteiger partial charge in [0.25, 0.3) is 5.91 Å². The third-order valence-corrected chi connectivity index (χ3v) is 6.34. The largest absolute Gasteiger partial charge is 0.494 e. The van der Waals surface area contributed by atoms with Gasteiger partial charge in [0.05, 0.1) is 29.7 Å². The van der Waals surface area contributed by atoms with E-state index in [2.05, 4.69) is 0 Å². The van der Waals surface area contributed by atoms with Gasteiger partial charge in [0.2, 0.25) is 5.76 Å². The molecule has 166 valence electrons. The molecule has 6 heteroatoms. The van der Waals surface area contributed by atoms with Crippen molar-refractivity contribution in [3.05, 3.63) is 74.6 Å². The highest BCUT2D eigenvalue weighted by molar-refractivity contribution is 5.99. The van der Waals surface area contributed by atoms with Gasteiger partial charge < -0.3 is 18.8 Å². The highest BCUT2D eigenvalue weighted by Crippen LogP contribution is 2.39. The molecule has 0 unspecified atom stereocenters. The van der Waals surface area contributed by atoms with Crippen LogP contribution in [0, 0.1) is 13.8 Å². The first-order valence-corrected chi connectivity index (χ1v) is 11.2. The molecule has 6 nitrogen and oxygen atoms in total. The molecular formula is C26H27NO5. The van der Waals surface area contributed by atoms with Gasteiger partial charge in [-0.25, -0.2) is 0 Å². The van der Waals surface area contributed by atoms with Gasteiger partial charge in [0.1, 0.15) is 11.3 Å². The summed E-state index contributed by atoms with van der Waals surface area (Å²) < 4.78 is 17.5. The Hall–Kier alpha value is -3.12. The Kier molecular flexibility index (Phi) is 5.25. The van der Waals surface area contributed by atoms with Gasteiger partial charge >= 0.3 is 0 Å². The minimum absolute atomic E-state index is 0.0352. The van der Waals surface area contributed by atoms with Crippen LogP contribution in [-0.2, 0) is 4.74 Å². The number of benzene rings is 2. The molecule has 1 saturated heterocycles. The van der Waals surface area contributed by atoms with Crippen LogP contribution in [0.1, 0.15) is 58.6 Å². The Morgan fingerprint density at radius 3 is 2.59 bits per heavy atom. The topological polar surface area (TPSA) is 69.0 Å². The van der Waals surface area contributed by atoms with Crippen LogP contribution >= 0.6 is 0 Å². The monoisotopic (exact) mass is 433 g/mol. The second-order valence-corrected chi connectivity index (χ2v) is 8.63. The molecule has 0 bridgehead atoms. The van der Waals surface area contributed by atoms with E-state index in [1.54, 1.807) is 4.90 Å². The van der Waals surface area contributed by atoms with E-state index in [4.69, 9.17) is 13.9 Å². The first kappa shape index (κ1) is 20.8. The Morgan fingerprint density at radius 2 is 1.91 bits per heavy atom. The molecule has 3 heterocycles. The highest BCUT2D eigenvalue weighted by Gasteiger charge is 2.44. The second-order valence-electron chi connectivity index (χ2n) is 8.63. The fraction of sp³-hybridized carbons (Fsp3) is 0.385. The summed E-state index contributed by atoms with van der Waals surface area (Å²) in [5.74, 6) is 0.639. The lowest BCUT2D eigenvalue weighted by Gasteiger charge is -2.27. The van der Waals surface area contributed by atoms with Crippen molar-refractivity contribution < 1.29 is 18.7 Å². The maximum Gasteiger partial charge on any atom is 0.291 e. The molecule has 32 heavy (non-hydrogen) atoms. The zero-order chi connectivity index (χ0) is 22.4. The summed E-state index contributed by atoms with van der Waals surface area (Å²) in [5.41, 5.74) is 3.44. The van der Waals surface area contributed by atoms with E-state index in [1.807, 2.05) is 57.2 Å². The summed E-state index contributed by atoms with van der Waals surface area (Å²) in [7, 11) is 0. The van der Waals surface area contributed by atoms with Crippen LogP contribution in [0.15, 0.2) is 45.6 Å². The lowest BCUT2D eigenvalue weighted by molar-refractivity contribution is 0.0486. The number of aryl methyl sites for hydroxylation is 2. The number of hydrogen-bond donors (Lipinski definition) is 0. The average molecular weight is 434 g/mol. The third-order valence-electron chi connectivity index (χ3n) is 6.34. The summed E-state index contributed by atoms with van der Waals surface area (Å²) in [6.07, 6.45) is 1.84. The minimum atomic E-state index is -0.515. The van der Waals surface area contributed by atoms with Gasteiger partial charge in [0, 0.05) is 13.2 Å². The molecule has 1 fully saturated rings. The standard InChI is InChI=1S/C26H27NO5/c1-4-30-18-9-7-17(8-10-18)23-22-24(28)21-16(3)12-15(2)13-20(21)32-25(22)26(29)27(23)14-19-6-5-11-31-19/h7-10,12-13,19,23H,4-6,11,14H2,1-3H3/t19-,23-/m0/s1. The molecule has 3 aromatic rings. The summed E-state index contributed by atoms with van der Waals surface area (Å²) in [6.45, 7) is 7.49. The van der Waals surface area contributed by atoms with Crippen LogP contribution in [0.4, 0.5) is 0 Å². The van der Waals surface area contributed by atoms with Gasteiger partial charge in [-0.1, -0.05) is 18.2 Å². The number of hydrogen-bond acceptors (Lipinski definition) is 5. The maximum atomic E-state index is 13.7. The average Bonchev–Trinajstić information content (AvgIpc) is 3.36. The predicted octanol–water partition coefficient (Wildman–Crippen LogP) is 4.53. The van der Waals surface area contributed by atoms with E-state index >= 15 is 0 Å². The second kappa shape index (κ2) is 8.10. The summed E-state index contributed by atoms with van der Waals surface area (Å²) in [5, 5.41) is 0.539. The first-order chi connectivity index (χ1) is 15.5. The minimum Gasteiger partial charge on any atom is -0.494 e. The molecule has 0 radical (unpaired) electrons. The molecule has 2 aromatic carbocycles. The zero-order valence-corrected chi connectivity index (χ0v) is 18.6. The molecule has 0 saturated carbocycles. The number of fused-ring (bicyclic) bond motifs is 2. The lowest BCUT2D eigenvalue weighted by Crippen LogP contribution is -2.36. The van der Waals surface area contributed by atoms with Gasteiger partial charge in [-0.2, -0.15) is 0 Å². The van der Waals surface area contributed by atoms with Crippen LogP contribution in [0.3, 0.4) is 0 Å². The van der Waals surface area contributed by atoms with Crippen molar-refractivity contribution in [2.45, 2.75) is 45.8 Å². The van der Waals surface area contributed by atoms with Crippen LogP contribution in [-0.4, -0.2) is 36.7 Å². The molecule has 2 atom stereocenters. The van der Waals surface area contributed by atoms with E-state index in [1.165, 1.54) is 0 Å². The first-order valence-electron chi connectivity index (χ1n) is 11.2. The maximum absolute atomic E-state index is 13.7. The van der Waals surface area contributed by atoms with Crippen molar-refractivity contribution in [3.63, 3.8) is 0 Å². The molecule has 5 rings (SSSR count). The Balaban J connectivity index is 1.68. The van der Waals surface area contributed by atoms with E-state index in [0.29, 0.717) is 36.3 Å². The normalized spacial score (nSPS) is 20.2. The number of carbonyl (C=O) groups excluding carboxylic acids is 1. The summed E-state index contributed by atoms with van der Waals surface area (Å²) in [4.78, 5) is 29.0. The lowest BCUT2D eigenvalue weighted by atomic mass is 9.96. The molecule has 0 aliphatic carbocycles. The number of amides is 1. The van der Waals surface area contributed by atoms with E-state index in [0.717, 1.165) is 35.3 Å². The van der Waals surface area contributed by atoms with Crippen molar-refractivity contribution in [1.29, 1.82) is 0 Å². The molecule has 0 spiro atoms. The van der Waals surface area contributed by atoms with Crippen LogP contribution < -0.4 is 10.2 Å². The number of nitrogens with zero attached hydrogens (tertiary/aromatic N) is 1. The highest BCUT2D eigenvalue weighted by atomic mass is 16.5. The number of rotatable bonds is 5. The van der Waals surface area contributed by atoms with E-state index in [-0.39, 0.29) is 23.2 Å². The molecule has 2 aliphatic heterocycles. The fourth-order valence-electron chi connectivity index (χ4n) is 4.97. The van der Waals surface area contributed by atoms with Gasteiger partial charge in [-0.15, -0.1) is 0 Å². The predicted molar refractivity (Wildman–Crippen MR) is 121 cm³/mol. The summed E-state index contributed by atoms with van der Waals surface area (Å²) in [6, 6.07) is 10.9. The van der Waals surface area contributed by atoms with E-state index in [9.17, 15) is 9.59 Å². The van der Waals surface area contributed by atoms with Crippen LogP contribution in [0.2, 0.25) is 0 Å². The van der Waals surface area contributed by atoms with Gasteiger partial charge in [0.15, 0.2) is 5.43 Å². The van der Waals surface area contributed by atoms with Crippen molar-refractivity contribution >= 4 is 16.9 Å². The number of carbonyl (C=O) groups is 1. The zero-order valence-electron chi connectivity index (χ0n) is 18.6. The smallest absolute Gasteiger partial charge is 0.291 e. The van der Waals surface area contributed by atoms with Crippen molar-refractivity contribution in [2.75, 3.05) is 19.8 Å².